The molecule has 0 fully saturated rings. The Morgan fingerprint density at radius 2 is 2.00 bits per heavy atom. The zero-order valence-electron chi connectivity index (χ0n) is 9.40. The first-order valence-corrected chi connectivity index (χ1v) is 5.50. The highest BCUT2D eigenvalue weighted by molar-refractivity contribution is 7.80. The number of hydrogen-bond acceptors (Lipinski definition) is 4. The molecule has 0 aliphatic heterocycles. The van der Waals surface area contributed by atoms with E-state index in [-0.39, 0.29) is 24.1 Å². The first kappa shape index (κ1) is 14.8. The van der Waals surface area contributed by atoms with Crippen LogP contribution in [0.4, 0.5) is 0 Å². The Balaban J connectivity index is 4.56. The van der Waals surface area contributed by atoms with E-state index in [2.05, 4.69) is 17.9 Å². The van der Waals surface area contributed by atoms with Gasteiger partial charge in [0.2, 0.25) is 17.7 Å². The Kier molecular flexibility index (Phi) is 6.55. The molecule has 1 unspecified atom stereocenters. The Labute approximate surface area is 99.9 Å². The Morgan fingerprint density at radius 1 is 1.44 bits per heavy atom. The fraction of sp³-hybridized carbons (Fsp3) is 0.667. The van der Waals surface area contributed by atoms with Crippen LogP contribution < -0.4 is 11.1 Å². The van der Waals surface area contributed by atoms with Gasteiger partial charge in [-0.25, -0.2) is 0 Å². The average Bonchev–Trinajstić information content (AvgIpc) is 2.20. The van der Waals surface area contributed by atoms with E-state index in [1.807, 2.05) is 0 Å². The van der Waals surface area contributed by atoms with Gasteiger partial charge in [-0.2, -0.15) is 12.6 Å². The van der Waals surface area contributed by atoms with Gasteiger partial charge in [0, 0.05) is 19.2 Å². The third kappa shape index (κ3) is 5.01. The maximum absolute atomic E-state index is 11.8. The molecule has 1 atom stereocenters. The maximum Gasteiger partial charge on any atom is 0.246 e. The predicted octanol–water partition coefficient (Wildman–Crippen LogP) is -1.25. The number of rotatable bonds is 6. The zero-order valence-corrected chi connectivity index (χ0v) is 10.3. The van der Waals surface area contributed by atoms with E-state index >= 15 is 0 Å². The van der Waals surface area contributed by atoms with Crippen LogP contribution in [0, 0.1) is 0 Å². The van der Waals surface area contributed by atoms with Crippen molar-refractivity contribution in [3.63, 3.8) is 0 Å². The van der Waals surface area contributed by atoms with Gasteiger partial charge in [-0.1, -0.05) is 0 Å². The van der Waals surface area contributed by atoms with Crippen molar-refractivity contribution in [2.24, 2.45) is 5.73 Å². The fourth-order valence-electron chi connectivity index (χ4n) is 1.18. The minimum Gasteiger partial charge on any atom is -0.368 e. The van der Waals surface area contributed by atoms with E-state index in [4.69, 9.17) is 5.73 Å². The summed E-state index contributed by atoms with van der Waals surface area (Å²) < 4.78 is 0. The summed E-state index contributed by atoms with van der Waals surface area (Å²) in [5.74, 6) is -1.09. The molecule has 0 aromatic heterocycles. The summed E-state index contributed by atoms with van der Waals surface area (Å²) >= 11 is 3.98. The monoisotopic (exact) mass is 247 g/mol. The van der Waals surface area contributed by atoms with Gasteiger partial charge in [-0.05, 0) is 6.92 Å². The van der Waals surface area contributed by atoms with Crippen molar-refractivity contribution in [2.75, 3.05) is 18.8 Å². The van der Waals surface area contributed by atoms with Gasteiger partial charge >= 0.3 is 0 Å². The second-order valence-corrected chi connectivity index (χ2v) is 3.62. The molecule has 0 aromatic rings. The van der Waals surface area contributed by atoms with E-state index in [1.54, 1.807) is 6.92 Å². The van der Waals surface area contributed by atoms with E-state index in [1.165, 1.54) is 11.8 Å². The highest BCUT2D eigenvalue weighted by Crippen LogP contribution is 1.98. The largest absolute Gasteiger partial charge is 0.368 e. The Hall–Kier alpha value is -1.24. The predicted molar refractivity (Wildman–Crippen MR) is 62.9 cm³/mol. The summed E-state index contributed by atoms with van der Waals surface area (Å²) in [6, 6.07) is -0.722. The average molecular weight is 247 g/mol. The van der Waals surface area contributed by atoms with Gasteiger partial charge in [-0.3, -0.25) is 14.4 Å². The lowest BCUT2D eigenvalue weighted by atomic mass is 10.2. The van der Waals surface area contributed by atoms with Gasteiger partial charge in [-0.15, -0.1) is 0 Å². The molecule has 0 aliphatic rings. The highest BCUT2D eigenvalue weighted by atomic mass is 32.1. The number of nitrogens with two attached hydrogens (primary N) is 1. The molecule has 3 N–H and O–H groups in total. The molecular formula is C9H17N3O3S. The lowest BCUT2D eigenvalue weighted by Gasteiger charge is -2.24. The molecule has 0 saturated heterocycles. The maximum atomic E-state index is 11.8. The van der Waals surface area contributed by atoms with Crippen LogP contribution >= 0.6 is 12.6 Å². The Morgan fingerprint density at radius 3 is 2.31 bits per heavy atom. The summed E-state index contributed by atoms with van der Waals surface area (Å²) in [6.45, 7) is 3.24. The molecule has 16 heavy (non-hydrogen) atoms. The summed E-state index contributed by atoms with van der Waals surface area (Å²) in [4.78, 5) is 34.7. The summed E-state index contributed by atoms with van der Waals surface area (Å²) in [7, 11) is 0. The molecular weight excluding hydrogens is 230 g/mol. The minimum absolute atomic E-state index is 0.154. The number of nitrogens with one attached hydrogen (secondary N) is 1. The minimum atomic E-state index is -0.722. The van der Waals surface area contributed by atoms with Gasteiger partial charge in [0.15, 0.2) is 0 Å². The number of amides is 3. The van der Waals surface area contributed by atoms with Crippen molar-refractivity contribution < 1.29 is 14.4 Å². The first-order chi connectivity index (χ1) is 7.42. The topological polar surface area (TPSA) is 92.5 Å². The second kappa shape index (κ2) is 7.10. The second-order valence-electron chi connectivity index (χ2n) is 3.25. The Bertz CT molecular complexity index is 257. The molecule has 0 aliphatic carbocycles. The van der Waals surface area contributed by atoms with E-state index < -0.39 is 11.9 Å². The number of carbonyl (C=O) groups excluding carboxylic acids is 3. The smallest absolute Gasteiger partial charge is 0.246 e. The summed E-state index contributed by atoms with van der Waals surface area (Å²) in [5, 5.41) is 2.46. The molecule has 0 radical (unpaired) electrons. The van der Waals surface area contributed by atoms with Crippen LogP contribution in [0.25, 0.3) is 0 Å². The number of hydrogen-bond donors (Lipinski definition) is 3. The zero-order chi connectivity index (χ0) is 12.7. The first-order valence-electron chi connectivity index (χ1n) is 4.87. The summed E-state index contributed by atoms with van der Waals surface area (Å²) in [5.41, 5.74) is 5.01. The van der Waals surface area contributed by atoms with E-state index in [9.17, 15) is 14.4 Å². The highest BCUT2D eigenvalue weighted by Gasteiger charge is 2.23. The number of carbonyl (C=O) groups is 3. The number of primary amides is 1. The van der Waals surface area contributed by atoms with Crippen molar-refractivity contribution >= 4 is 30.4 Å². The third-order valence-corrected chi connectivity index (χ3v) is 2.26. The SMILES string of the molecule is CCN(CC(N)=O)C(=O)C(CS)NC(C)=O. The van der Waals surface area contributed by atoms with Crippen LogP contribution in [0.1, 0.15) is 13.8 Å². The molecule has 0 bridgehead atoms. The van der Waals surface area contributed by atoms with Crippen molar-refractivity contribution in [3.8, 4) is 0 Å². The number of thiol groups is 1. The normalized spacial score (nSPS) is 11.7. The molecule has 0 heterocycles. The van der Waals surface area contributed by atoms with Crippen LogP contribution in [0.3, 0.4) is 0 Å². The van der Waals surface area contributed by atoms with Gasteiger partial charge in [0.05, 0.1) is 6.54 Å². The quantitative estimate of drug-likeness (QED) is 0.512. The van der Waals surface area contributed by atoms with Crippen molar-refractivity contribution in [1.82, 2.24) is 10.2 Å². The standard InChI is InChI=1S/C9H17N3O3S/c1-3-12(4-8(10)14)9(15)7(5-16)11-6(2)13/h7,16H,3-5H2,1-2H3,(H2,10,14)(H,11,13). The number of likely N-dealkylation sites (N-methyl/N-ethyl adjacent to an activating group) is 1. The molecule has 7 heteroatoms. The van der Waals surface area contributed by atoms with Crippen molar-refractivity contribution in [2.45, 2.75) is 19.9 Å². The van der Waals surface area contributed by atoms with Crippen molar-refractivity contribution in [1.29, 1.82) is 0 Å². The lowest BCUT2D eigenvalue weighted by molar-refractivity contribution is -0.137. The molecule has 0 spiro atoms. The molecule has 0 saturated carbocycles. The van der Waals surface area contributed by atoms with E-state index in [0.29, 0.717) is 6.54 Å². The van der Waals surface area contributed by atoms with Crippen LogP contribution in [0.15, 0.2) is 0 Å². The van der Waals surface area contributed by atoms with Crippen LogP contribution in [0.5, 0.6) is 0 Å². The molecule has 3 amide bonds. The van der Waals surface area contributed by atoms with Crippen LogP contribution in [-0.4, -0.2) is 47.5 Å². The molecule has 0 rings (SSSR count). The van der Waals surface area contributed by atoms with Gasteiger partial charge < -0.3 is 16.0 Å². The summed E-state index contributed by atoms with van der Waals surface area (Å²) in [6.07, 6.45) is 0. The van der Waals surface area contributed by atoms with E-state index in [0.717, 1.165) is 0 Å². The lowest BCUT2D eigenvalue weighted by Crippen LogP contribution is -2.51. The molecule has 6 nitrogen and oxygen atoms in total. The van der Waals surface area contributed by atoms with Crippen LogP contribution in [-0.2, 0) is 14.4 Å². The van der Waals surface area contributed by atoms with Gasteiger partial charge in [0.1, 0.15) is 6.04 Å². The fourth-order valence-corrected chi connectivity index (χ4v) is 1.43. The van der Waals surface area contributed by atoms with Crippen molar-refractivity contribution in [3.05, 3.63) is 0 Å². The number of nitrogens with zero attached hydrogens (tertiary/aromatic N) is 1. The van der Waals surface area contributed by atoms with Crippen LogP contribution in [0.2, 0.25) is 0 Å². The van der Waals surface area contributed by atoms with Gasteiger partial charge in [0.25, 0.3) is 0 Å². The molecule has 0 aromatic carbocycles. The third-order valence-electron chi connectivity index (χ3n) is 1.90. The molecule has 92 valence electrons.